The van der Waals surface area contributed by atoms with Crippen LogP contribution in [0, 0.1) is 0 Å². The van der Waals surface area contributed by atoms with Gasteiger partial charge in [0.15, 0.2) is 0 Å². The zero-order chi connectivity index (χ0) is 15.3. The van der Waals surface area contributed by atoms with Crippen LogP contribution in [-0.2, 0) is 0 Å². The Balaban J connectivity index is 1.97. The van der Waals surface area contributed by atoms with E-state index in [4.69, 9.17) is 5.73 Å². The number of allylic oxidation sites excluding steroid dienone is 2. The summed E-state index contributed by atoms with van der Waals surface area (Å²) in [6.45, 7) is 9.72. The summed E-state index contributed by atoms with van der Waals surface area (Å²) in [5.41, 5.74) is 7.82. The van der Waals surface area contributed by atoms with Crippen molar-refractivity contribution >= 4 is 0 Å². The van der Waals surface area contributed by atoms with Gasteiger partial charge in [-0.1, -0.05) is 49.6 Å². The SMILES string of the molecule is C=C(/C=C\C=C(/C)CN)CNCCCNC1CCCCC1. The van der Waals surface area contributed by atoms with Gasteiger partial charge in [-0.3, -0.25) is 0 Å². The van der Waals surface area contributed by atoms with Crippen molar-refractivity contribution in [3.8, 4) is 0 Å². The molecule has 0 aromatic rings. The van der Waals surface area contributed by atoms with E-state index in [1.165, 1.54) is 44.1 Å². The molecule has 0 bridgehead atoms. The van der Waals surface area contributed by atoms with Crippen LogP contribution in [0.4, 0.5) is 0 Å². The normalized spacial score (nSPS) is 17.5. The number of hydrogen-bond donors (Lipinski definition) is 3. The molecule has 0 aromatic heterocycles. The zero-order valence-electron chi connectivity index (χ0n) is 13.7. The van der Waals surface area contributed by atoms with Crippen molar-refractivity contribution in [1.82, 2.24) is 10.6 Å². The van der Waals surface area contributed by atoms with E-state index in [-0.39, 0.29) is 0 Å². The third-order valence-electron chi connectivity index (χ3n) is 3.96. The summed E-state index contributed by atoms with van der Waals surface area (Å²) in [6.07, 6.45) is 14.3. The van der Waals surface area contributed by atoms with E-state index in [2.05, 4.69) is 17.2 Å². The molecule has 0 heterocycles. The fraction of sp³-hybridized carbons (Fsp3) is 0.667. The minimum absolute atomic E-state index is 0.614. The van der Waals surface area contributed by atoms with Crippen LogP contribution < -0.4 is 16.4 Å². The van der Waals surface area contributed by atoms with Gasteiger partial charge in [0.1, 0.15) is 0 Å². The topological polar surface area (TPSA) is 50.1 Å². The maximum atomic E-state index is 5.53. The summed E-state index contributed by atoms with van der Waals surface area (Å²) in [5, 5.41) is 7.11. The molecule has 0 amide bonds. The van der Waals surface area contributed by atoms with E-state index in [0.29, 0.717) is 6.54 Å². The number of nitrogens with one attached hydrogen (secondary N) is 2. The molecule has 0 unspecified atom stereocenters. The van der Waals surface area contributed by atoms with Gasteiger partial charge in [-0.25, -0.2) is 0 Å². The number of nitrogens with two attached hydrogens (primary N) is 1. The van der Waals surface area contributed by atoms with Crippen LogP contribution in [0.2, 0.25) is 0 Å². The van der Waals surface area contributed by atoms with Gasteiger partial charge in [-0.2, -0.15) is 0 Å². The van der Waals surface area contributed by atoms with E-state index < -0.39 is 0 Å². The lowest BCUT2D eigenvalue weighted by Crippen LogP contribution is -2.33. The summed E-state index contributed by atoms with van der Waals surface area (Å²) in [6, 6.07) is 0.772. The van der Waals surface area contributed by atoms with Crippen molar-refractivity contribution in [2.75, 3.05) is 26.2 Å². The maximum Gasteiger partial charge on any atom is 0.0199 e. The largest absolute Gasteiger partial charge is 0.327 e. The second-order valence-corrected chi connectivity index (χ2v) is 6.05. The summed E-state index contributed by atoms with van der Waals surface area (Å²) in [7, 11) is 0. The second-order valence-electron chi connectivity index (χ2n) is 6.05. The van der Waals surface area contributed by atoms with Gasteiger partial charge in [-0.05, 0) is 44.8 Å². The molecule has 1 fully saturated rings. The Morgan fingerprint density at radius 2 is 2.00 bits per heavy atom. The minimum Gasteiger partial charge on any atom is -0.327 e. The molecular formula is C18H33N3. The summed E-state index contributed by atoms with van der Waals surface area (Å²) < 4.78 is 0. The molecule has 1 rings (SSSR count). The minimum atomic E-state index is 0.614. The van der Waals surface area contributed by atoms with Gasteiger partial charge in [0.05, 0.1) is 0 Å². The molecule has 1 aliphatic carbocycles. The first kappa shape index (κ1) is 18.1. The number of rotatable bonds is 10. The van der Waals surface area contributed by atoms with Gasteiger partial charge in [0, 0.05) is 19.1 Å². The monoisotopic (exact) mass is 291 g/mol. The van der Waals surface area contributed by atoms with Crippen LogP contribution in [-0.4, -0.2) is 32.2 Å². The van der Waals surface area contributed by atoms with Gasteiger partial charge < -0.3 is 16.4 Å². The Morgan fingerprint density at radius 1 is 1.24 bits per heavy atom. The van der Waals surface area contributed by atoms with Crippen molar-refractivity contribution in [2.24, 2.45) is 5.73 Å². The fourth-order valence-corrected chi connectivity index (χ4v) is 2.55. The van der Waals surface area contributed by atoms with E-state index in [0.717, 1.165) is 31.2 Å². The molecule has 1 saturated carbocycles. The average molecular weight is 291 g/mol. The Kier molecular flexibility index (Phi) is 10.1. The smallest absolute Gasteiger partial charge is 0.0199 e. The van der Waals surface area contributed by atoms with Crippen LogP contribution in [0.25, 0.3) is 0 Å². The third-order valence-corrected chi connectivity index (χ3v) is 3.96. The summed E-state index contributed by atoms with van der Waals surface area (Å²) >= 11 is 0. The van der Waals surface area contributed by atoms with Crippen molar-refractivity contribution in [3.05, 3.63) is 36.0 Å². The molecule has 0 saturated heterocycles. The first-order valence-corrected chi connectivity index (χ1v) is 8.38. The lowest BCUT2D eigenvalue weighted by molar-refractivity contribution is 0.371. The van der Waals surface area contributed by atoms with Crippen molar-refractivity contribution in [1.29, 1.82) is 0 Å². The molecule has 4 N–H and O–H groups in total. The highest BCUT2D eigenvalue weighted by atomic mass is 14.9. The Morgan fingerprint density at radius 3 is 2.71 bits per heavy atom. The van der Waals surface area contributed by atoms with Gasteiger partial charge in [-0.15, -0.1) is 0 Å². The Hall–Kier alpha value is -0.900. The maximum absolute atomic E-state index is 5.53. The third kappa shape index (κ3) is 9.62. The summed E-state index contributed by atoms with van der Waals surface area (Å²) in [5.74, 6) is 0. The molecule has 120 valence electrons. The molecular weight excluding hydrogens is 258 g/mol. The van der Waals surface area contributed by atoms with Crippen LogP contribution in [0.15, 0.2) is 36.0 Å². The number of hydrogen-bond acceptors (Lipinski definition) is 3. The summed E-state index contributed by atoms with van der Waals surface area (Å²) in [4.78, 5) is 0. The molecule has 3 nitrogen and oxygen atoms in total. The lowest BCUT2D eigenvalue weighted by atomic mass is 9.95. The Labute approximate surface area is 130 Å². The van der Waals surface area contributed by atoms with Crippen LogP contribution in [0.1, 0.15) is 45.4 Å². The van der Waals surface area contributed by atoms with Crippen molar-refractivity contribution in [2.45, 2.75) is 51.5 Å². The highest BCUT2D eigenvalue weighted by Crippen LogP contribution is 2.17. The standard InChI is InChI=1S/C18H33N3/c1-16(14-19)8-6-9-17(2)15-20-12-7-13-21-18-10-4-3-5-11-18/h6,8-9,18,20-21H,2-5,7,10-15,19H2,1H3/b9-6-,16-8+. The molecule has 0 aromatic carbocycles. The van der Waals surface area contributed by atoms with E-state index >= 15 is 0 Å². The first-order valence-electron chi connectivity index (χ1n) is 8.38. The molecule has 0 atom stereocenters. The van der Waals surface area contributed by atoms with Crippen LogP contribution in [0.3, 0.4) is 0 Å². The van der Waals surface area contributed by atoms with E-state index in [1.807, 2.05) is 25.2 Å². The van der Waals surface area contributed by atoms with Gasteiger partial charge in [0.25, 0.3) is 0 Å². The van der Waals surface area contributed by atoms with Gasteiger partial charge >= 0.3 is 0 Å². The van der Waals surface area contributed by atoms with Crippen molar-refractivity contribution in [3.63, 3.8) is 0 Å². The second kappa shape index (κ2) is 11.7. The Bertz CT molecular complexity index is 338. The average Bonchev–Trinajstić information content (AvgIpc) is 2.51. The zero-order valence-corrected chi connectivity index (χ0v) is 13.7. The first-order chi connectivity index (χ1) is 10.2. The predicted octanol–water partition coefficient (Wildman–Crippen LogP) is 2.91. The van der Waals surface area contributed by atoms with Crippen LogP contribution in [0.5, 0.6) is 0 Å². The molecule has 21 heavy (non-hydrogen) atoms. The highest BCUT2D eigenvalue weighted by molar-refractivity contribution is 5.22. The molecule has 1 aliphatic rings. The molecule has 0 aliphatic heterocycles. The lowest BCUT2D eigenvalue weighted by Gasteiger charge is -2.22. The molecule has 0 spiro atoms. The predicted molar refractivity (Wildman–Crippen MR) is 93.5 cm³/mol. The van der Waals surface area contributed by atoms with Crippen LogP contribution >= 0.6 is 0 Å². The van der Waals surface area contributed by atoms with Crippen molar-refractivity contribution < 1.29 is 0 Å². The van der Waals surface area contributed by atoms with E-state index in [1.54, 1.807) is 0 Å². The fourth-order valence-electron chi connectivity index (χ4n) is 2.55. The molecule has 0 radical (unpaired) electrons. The van der Waals surface area contributed by atoms with Gasteiger partial charge in [0.2, 0.25) is 0 Å². The van der Waals surface area contributed by atoms with E-state index in [9.17, 15) is 0 Å². The molecule has 3 heteroatoms. The quantitative estimate of drug-likeness (QED) is 0.428. The highest BCUT2D eigenvalue weighted by Gasteiger charge is 2.11.